The van der Waals surface area contributed by atoms with Crippen molar-refractivity contribution in [3.8, 4) is 17.0 Å². The van der Waals surface area contributed by atoms with Gasteiger partial charge in [-0.05, 0) is 112 Å². The van der Waals surface area contributed by atoms with E-state index in [0.717, 1.165) is 97.6 Å². The number of benzene rings is 3. The lowest BCUT2D eigenvalue weighted by Crippen LogP contribution is -2.49. The highest BCUT2D eigenvalue weighted by atomic mass is 16.6. The van der Waals surface area contributed by atoms with Gasteiger partial charge < -0.3 is 24.6 Å². The lowest BCUT2D eigenvalue weighted by atomic mass is 9.95. The first-order chi connectivity index (χ1) is 29.9. The highest BCUT2D eigenvalue weighted by molar-refractivity contribution is 6.05. The molecule has 62 heavy (non-hydrogen) atoms. The molecule has 0 saturated carbocycles. The number of nitrogens with one attached hydrogen (secondary N) is 2. The number of piperidine rings is 1. The van der Waals surface area contributed by atoms with Crippen LogP contribution in [-0.2, 0) is 9.53 Å². The van der Waals surface area contributed by atoms with Gasteiger partial charge in [0.15, 0.2) is 0 Å². The zero-order valence-corrected chi connectivity index (χ0v) is 35.9. The van der Waals surface area contributed by atoms with E-state index < -0.39 is 11.7 Å². The summed E-state index contributed by atoms with van der Waals surface area (Å²) in [6, 6.07) is 22.3. The van der Waals surface area contributed by atoms with Gasteiger partial charge in [-0.25, -0.2) is 24.5 Å². The smallest absolute Gasteiger partial charge is 0.415 e. The van der Waals surface area contributed by atoms with Gasteiger partial charge in [-0.2, -0.15) is 0 Å². The number of anilines is 6. The third-order valence-corrected chi connectivity index (χ3v) is 12.2. The number of carbonyl (C=O) groups excluding carboxylic acids is 3. The van der Waals surface area contributed by atoms with E-state index in [1.807, 2.05) is 64.2 Å². The van der Waals surface area contributed by atoms with Crippen LogP contribution in [0.25, 0.3) is 22.0 Å². The molecule has 3 saturated heterocycles. The molecule has 4 aliphatic rings. The van der Waals surface area contributed by atoms with Crippen molar-refractivity contribution in [2.45, 2.75) is 52.6 Å². The molecule has 15 heteroatoms. The monoisotopic (exact) mass is 838 g/mol. The van der Waals surface area contributed by atoms with Gasteiger partial charge in [0.2, 0.25) is 17.7 Å². The summed E-state index contributed by atoms with van der Waals surface area (Å²) in [5.74, 6) is 1.39. The number of carbonyl (C=O) groups is 3. The number of urea groups is 1. The Kier molecular flexibility index (Phi) is 11.3. The van der Waals surface area contributed by atoms with Crippen molar-refractivity contribution in [1.29, 1.82) is 0 Å². The lowest BCUT2D eigenvalue weighted by Gasteiger charge is -2.40. The van der Waals surface area contributed by atoms with Crippen molar-refractivity contribution in [2.24, 2.45) is 5.92 Å². The summed E-state index contributed by atoms with van der Waals surface area (Å²) in [4.78, 5) is 61.8. The van der Waals surface area contributed by atoms with Crippen molar-refractivity contribution in [3.05, 3.63) is 84.7 Å². The summed E-state index contributed by atoms with van der Waals surface area (Å²) in [5.41, 5.74) is 7.57. The third kappa shape index (κ3) is 8.94. The Labute approximate surface area is 362 Å². The van der Waals surface area contributed by atoms with E-state index in [2.05, 4.69) is 71.7 Å². The fourth-order valence-corrected chi connectivity index (χ4v) is 8.85. The van der Waals surface area contributed by atoms with Gasteiger partial charge in [0.25, 0.3) is 0 Å². The SMILES string of the molecule is Cc1c(-c2ccc3cnc(Nc4ccc(N5CCN(CC6CCN(c7ccc(N8CCC(=O)NC8=O)cc7)CC6)CC5)cc4)nc3c2)cnc2c1N(C(=O)OC(C)(C)C)CCO2. The first kappa shape index (κ1) is 40.9. The van der Waals surface area contributed by atoms with Crippen LogP contribution in [0.2, 0.25) is 0 Å². The second-order valence-corrected chi connectivity index (χ2v) is 17.6. The molecule has 4 aliphatic heterocycles. The van der Waals surface area contributed by atoms with Crippen LogP contribution in [0.4, 0.5) is 44.0 Å². The van der Waals surface area contributed by atoms with Crippen molar-refractivity contribution in [1.82, 2.24) is 25.2 Å². The Morgan fingerprint density at radius 1 is 0.839 bits per heavy atom. The third-order valence-electron chi connectivity index (χ3n) is 12.2. The molecule has 2 N–H and O–H groups in total. The fourth-order valence-electron chi connectivity index (χ4n) is 8.85. The van der Waals surface area contributed by atoms with Gasteiger partial charge in [0.1, 0.15) is 17.9 Å². The van der Waals surface area contributed by atoms with E-state index in [1.165, 1.54) is 11.4 Å². The minimum atomic E-state index is -0.626. The molecule has 322 valence electrons. The van der Waals surface area contributed by atoms with Crippen LogP contribution in [0, 0.1) is 12.8 Å². The molecule has 0 radical (unpaired) electrons. The number of pyridine rings is 1. The van der Waals surface area contributed by atoms with Gasteiger partial charge in [-0.15, -0.1) is 0 Å². The highest BCUT2D eigenvalue weighted by Crippen LogP contribution is 2.40. The number of aromatic nitrogens is 3. The van der Waals surface area contributed by atoms with Gasteiger partial charge in [0.05, 0.1) is 12.1 Å². The van der Waals surface area contributed by atoms with E-state index in [4.69, 9.17) is 14.5 Å². The Balaban J connectivity index is 0.769. The van der Waals surface area contributed by atoms with E-state index in [9.17, 15) is 14.4 Å². The summed E-state index contributed by atoms with van der Waals surface area (Å²) in [6.45, 7) is 15.9. The zero-order valence-electron chi connectivity index (χ0n) is 35.9. The molecule has 0 aliphatic carbocycles. The predicted molar refractivity (Wildman–Crippen MR) is 242 cm³/mol. The van der Waals surface area contributed by atoms with Crippen molar-refractivity contribution in [2.75, 3.05) is 90.4 Å². The summed E-state index contributed by atoms with van der Waals surface area (Å²) in [5, 5.41) is 6.70. The molecule has 4 amide bonds. The average Bonchev–Trinajstić information content (AvgIpc) is 3.26. The van der Waals surface area contributed by atoms with Crippen molar-refractivity contribution < 1.29 is 23.9 Å². The number of rotatable bonds is 8. The standard InChI is InChI=1S/C47H54N10O5/c1-31-39(29-48-43-42(31)57(25-26-61-43)46(60)62-47(2,3)4)33-5-6-34-28-49-44(51-40(34)27-33)50-35-7-9-36(10-8-35)55-23-21-53(22-24-55)30-32-15-18-54(19-16-32)37-11-13-38(14-12-37)56-20-17-41(58)52-45(56)59/h5-14,27-29,32H,15-26,30H2,1-4H3,(H,49,50,51)(H,52,58,59). The molecular weight excluding hydrogens is 785 g/mol. The number of hydrogen-bond acceptors (Lipinski definition) is 12. The van der Waals surface area contributed by atoms with Crippen LogP contribution < -0.4 is 35.0 Å². The van der Waals surface area contributed by atoms with Crippen LogP contribution in [-0.4, -0.2) is 109 Å². The lowest BCUT2D eigenvalue weighted by molar-refractivity contribution is -0.120. The van der Waals surface area contributed by atoms with Crippen LogP contribution >= 0.6 is 0 Å². The summed E-state index contributed by atoms with van der Waals surface area (Å²) in [7, 11) is 0. The van der Waals surface area contributed by atoms with Gasteiger partial charge >= 0.3 is 12.1 Å². The van der Waals surface area contributed by atoms with Gasteiger partial charge in [-0.1, -0.05) is 12.1 Å². The minimum absolute atomic E-state index is 0.219. The van der Waals surface area contributed by atoms with Crippen LogP contribution in [0.1, 0.15) is 45.6 Å². The topological polar surface area (TPSA) is 149 Å². The molecule has 2 aromatic heterocycles. The average molecular weight is 839 g/mol. The van der Waals surface area contributed by atoms with Gasteiger partial charge in [-0.3, -0.25) is 24.8 Å². The molecular formula is C47H54N10O5. The summed E-state index contributed by atoms with van der Waals surface area (Å²) < 4.78 is 11.6. The number of piperazine rings is 1. The number of hydrogen-bond donors (Lipinski definition) is 2. The molecule has 0 atom stereocenters. The first-order valence-corrected chi connectivity index (χ1v) is 21.6. The number of amides is 4. The van der Waals surface area contributed by atoms with E-state index in [0.29, 0.717) is 49.6 Å². The molecule has 9 rings (SSSR count). The largest absolute Gasteiger partial charge is 0.474 e. The van der Waals surface area contributed by atoms with E-state index in [-0.39, 0.29) is 11.9 Å². The Morgan fingerprint density at radius 3 is 2.24 bits per heavy atom. The first-order valence-electron chi connectivity index (χ1n) is 21.6. The number of ether oxygens (including phenoxy) is 2. The van der Waals surface area contributed by atoms with E-state index in [1.54, 1.807) is 16.0 Å². The maximum absolute atomic E-state index is 13.2. The Hall–Kier alpha value is -6.48. The number of imide groups is 1. The maximum Gasteiger partial charge on any atom is 0.415 e. The molecule has 3 aromatic carbocycles. The Bertz CT molecular complexity index is 2460. The normalized spacial score (nSPS) is 17.7. The summed E-state index contributed by atoms with van der Waals surface area (Å²) >= 11 is 0. The number of nitrogens with zero attached hydrogens (tertiary/aromatic N) is 8. The van der Waals surface area contributed by atoms with E-state index >= 15 is 0 Å². The molecule has 0 bridgehead atoms. The second-order valence-electron chi connectivity index (χ2n) is 17.6. The zero-order chi connectivity index (χ0) is 43.0. The summed E-state index contributed by atoms with van der Waals surface area (Å²) in [6.07, 6.45) is 5.84. The van der Waals surface area contributed by atoms with Gasteiger partial charge in [0, 0.05) is 105 Å². The highest BCUT2D eigenvalue weighted by Gasteiger charge is 2.32. The molecule has 15 nitrogen and oxygen atoms in total. The minimum Gasteiger partial charge on any atom is -0.474 e. The molecule has 5 aromatic rings. The molecule has 6 heterocycles. The predicted octanol–water partition coefficient (Wildman–Crippen LogP) is 7.36. The second kappa shape index (κ2) is 17.1. The molecule has 3 fully saturated rings. The van der Waals surface area contributed by atoms with Crippen molar-refractivity contribution in [3.63, 3.8) is 0 Å². The van der Waals surface area contributed by atoms with Crippen LogP contribution in [0.15, 0.2) is 79.1 Å². The Morgan fingerprint density at radius 2 is 1.53 bits per heavy atom. The maximum atomic E-state index is 13.2. The fraction of sp³-hybridized carbons (Fsp3) is 0.404. The molecule has 0 spiro atoms. The van der Waals surface area contributed by atoms with Crippen LogP contribution in [0.5, 0.6) is 5.88 Å². The molecule has 0 unspecified atom stereocenters. The van der Waals surface area contributed by atoms with Crippen LogP contribution in [0.3, 0.4) is 0 Å². The number of fused-ring (bicyclic) bond motifs is 2. The van der Waals surface area contributed by atoms with Crippen molar-refractivity contribution >= 4 is 63.3 Å². The quantitative estimate of drug-likeness (QED) is 0.161.